The number of pyridine rings is 1. The number of halogens is 3. The number of carbonyl (C=O) groups excluding carboxylic acids is 1. The smallest absolute Gasteiger partial charge is 0.461 e. The number of terminal acetylenes is 1. The van der Waals surface area contributed by atoms with Gasteiger partial charge in [0.1, 0.15) is 35.6 Å². The van der Waals surface area contributed by atoms with Crippen LogP contribution >= 0.6 is 0 Å². The maximum Gasteiger partial charge on any atom is 0.514 e. The van der Waals surface area contributed by atoms with E-state index < -0.39 is 35.6 Å². The van der Waals surface area contributed by atoms with Crippen LogP contribution in [-0.2, 0) is 4.74 Å². The first-order chi connectivity index (χ1) is 23.7. The normalized spacial score (nSPS) is 21.2. The van der Waals surface area contributed by atoms with Crippen molar-refractivity contribution in [3.05, 3.63) is 47.7 Å². The molecule has 1 N–H and O–H groups in total. The quantitative estimate of drug-likeness (QED) is 0.133. The molecule has 49 heavy (non-hydrogen) atoms. The average Bonchev–Trinajstić information content (AvgIpc) is 3.45. The van der Waals surface area contributed by atoms with Crippen LogP contribution in [0.25, 0.3) is 32.9 Å². The van der Waals surface area contributed by atoms with Gasteiger partial charge in [-0.05, 0) is 69.7 Å². The Morgan fingerprint density at radius 2 is 2.02 bits per heavy atom. The van der Waals surface area contributed by atoms with Crippen LogP contribution in [0.3, 0.4) is 0 Å². The Bertz CT molecular complexity index is 1960. The number of alkyl halides is 1. The Balaban J connectivity index is 1.37. The Kier molecular flexibility index (Phi) is 8.94. The van der Waals surface area contributed by atoms with Crippen molar-refractivity contribution >= 4 is 33.6 Å². The van der Waals surface area contributed by atoms with Crippen molar-refractivity contribution < 1.29 is 32.2 Å². The summed E-state index contributed by atoms with van der Waals surface area (Å²) in [7, 11) is 0. The summed E-state index contributed by atoms with van der Waals surface area (Å²) >= 11 is 0. The zero-order valence-corrected chi connectivity index (χ0v) is 27.4. The monoisotopic (exact) mass is 674 g/mol. The van der Waals surface area contributed by atoms with Gasteiger partial charge in [-0.25, -0.2) is 23.4 Å². The number of nitrogens with one attached hydrogen (secondary N) is 1. The van der Waals surface area contributed by atoms with E-state index in [1.165, 1.54) is 30.5 Å². The number of fused-ring (bicyclic) bond motifs is 3. The van der Waals surface area contributed by atoms with Crippen molar-refractivity contribution in [2.24, 2.45) is 0 Å². The van der Waals surface area contributed by atoms with Crippen molar-refractivity contribution in [3.63, 3.8) is 0 Å². The Morgan fingerprint density at radius 3 is 2.84 bits per heavy atom. The fourth-order valence-electron chi connectivity index (χ4n) is 7.29. The number of hydrogen-bond donors (Lipinski definition) is 1. The highest BCUT2D eigenvalue weighted by Crippen LogP contribution is 2.42. The van der Waals surface area contributed by atoms with Crippen LogP contribution in [0, 0.1) is 24.0 Å². The van der Waals surface area contributed by atoms with Crippen molar-refractivity contribution in [2.75, 3.05) is 37.8 Å². The topological polar surface area (TPSA) is 102 Å². The van der Waals surface area contributed by atoms with Gasteiger partial charge >= 0.3 is 12.2 Å². The van der Waals surface area contributed by atoms with Gasteiger partial charge in [-0.3, -0.25) is 14.9 Å². The minimum absolute atomic E-state index is 0.0216. The molecule has 0 amide bonds. The molecular formula is C36H37F3N6O4. The van der Waals surface area contributed by atoms with E-state index in [9.17, 15) is 9.18 Å². The number of nitrogens with zero attached hydrogens (tertiary/aromatic N) is 5. The van der Waals surface area contributed by atoms with Gasteiger partial charge in [-0.2, -0.15) is 9.97 Å². The first-order valence-corrected chi connectivity index (χ1v) is 16.7. The second kappa shape index (κ2) is 13.3. The molecule has 2 aromatic carbocycles. The lowest BCUT2D eigenvalue weighted by molar-refractivity contribution is 0.0729. The number of ether oxygens (including phenoxy) is 3. The van der Waals surface area contributed by atoms with Crippen molar-refractivity contribution in [1.82, 2.24) is 25.3 Å². The molecule has 3 aliphatic rings. The molecule has 2 aromatic heterocycles. The SMILES string of the molecule is C#Cc1c(F)ccc2cc(OC(=O)OC(C)C)cc(-c3ncc4c(N5CCCCCN5)nc(OC[C@@]56CCCN5C[C@H](F)C6)nc4c3F)c12. The second-order valence-corrected chi connectivity index (χ2v) is 13.2. The van der Waals surface area contributed by atoms with Gasteiger partial charge in [-0.15, -0.1) is 6.42 Å². The minimum atomic E-state index is -0.961. The molecule has 0 bridgehead atoms. The largest absolute Gasteiger partial charge is 0.514 e. The van der Waals surface area contributed by atoms with Gasteiger partial charge in [0.05, 0.1) is 22.6 Å². The molecule has 0 saturated carbocycles. The van der Waals surface area contributed by atoms with Gasteiger partial charge in [0.25, 0.3) is 0 Å². The number of aromatic nitrogens is 3. The predicted molar refractivity (Wildman–Crippen MR) is 178 cm³/mol. The summed E-state index contributed by atoms with van der Waals surface area (Å²) in [6.07, 6.45) is 9.80. The molecule has 0 unspecified atom stereocenters. The maximum absolute atomic E-state index is 17.0. The van der Waals surface area contributed by atoms with Gasteiger partial charge in [0, 0.05) is 43.2 Å². The number of anilines is 1. The number of rotatable bonds is 7. The summed E-state index contributed by atoms with van der Waals surface area (Å²) in [4.78, 5) is 28.3. The van der Waals surface area contributed by atoms with Gasteiger partial charge in [0.15, 0.2) is 11.6 Å². The standard InChI is InChI=1S/C36H37F3N6O4/c1-4-25-28(38)10-9-22-15-24(49-35(46)48-21(2)3)16-26(29(22)25)31-30(39)32-27(18-40-31)33(45-14-7-5-6-12-41-45)43-34(42-32)47-20-36-11-8-13-44(36)19-23(37)17-36/h1,9-10,15-16,18,21,23,41H,5-8,11-14,17,19-20H2,2-3H3/t23-,36+/m1/s1. The van der Waals surface area contributed by atoms with Crippen LogP contribution in [-0.4, -0.2) is 76.6 Å². The molecule has 256 valence electrons. The summed E-state index contributed by atoms with van der Waals surface area (Å²) in [5, 5.41) is 2.78. The van der Waals surface area contributed by atoms with Crippen LogP contribution in [0.5, 0.6) is 11.8 Å². The molecule has 13 heteroatoms. The van der Waals surface area contributed by atoms with Crippen LogP contribution in [0.2, 0.25) is 0 Å². The van der Waals surface area contributed by atoms with Crippen LogP contribution in [0.1, 0.15) is 57.9 Å². The molecule has 0 radical (unpaired) electrons. The number of hydrazine groups is 1. The molecule has 3 saturated heterocycles. The lowest BCUT2D eigenvalue weighted by Gasteiger charge is -2.31. The number of benzene rings is 2. The Hall–Kier alpha value is -4.67. The molecule has 7 rings (SSSR count). The molecule has 3 aliphatic heterocycles. The van der Waals surface area contributed by atoms with Crippen LogP contribution < -0.4 is 19.9 Å². The minimum Gasteiger partial charge on any atom is -0.461 e. The number of hydrogen-bond acceptors (Lipinski definition) is 10. The lowest BCUT2D eigenvalue weighted by Crippen LogP contribution is -2.43. The lowest BCUT2D eigenvalue weighted by atomic mass is 9.95. The van der Waals surface area contributed by atoms with E-state index in [1.807, 2.05) is 5.01 Å². The van der Waals surface area contributed by atoms with Crippen molar-refractivity contribution in [3.8, 4) is 35.4 Å². The highest BCUT2D eigenvalue weighted by molar-refractivity contribution is 6.03. The molecular weight excluding hydrogens is 637 g/mol. The summed E-state index contributed by atoms with van der Waals surface area (Å²) in [5.41, 5.74) is 2.61. The molecule has 5 heterocycles. The van der Waals surface area contributed by atoms with Gasteiger partial charge in [0.2, 0.25) is 0 Å². The third kappa shape index (κ3) is 6.31. The maximum atomic E-state index is 17.0. The van der Waals surface area contributed by atoms with Crippen LogP contribution in [0.15, 0.2) is 30.5 Å². The van der Waals surface area contributed by atoms with E-state index in [-0.39, 0.29) is 46.1 Å². The fraction of sp³-hybridized carbons (Fsp3) is 0.444. The van der Waals surface area contributed by atoms with E-state index in [2.05, 4.69) is 26.2 Å². The average molecular weight is 675 g/mol. The Morgan fingerprint density at radius 1 is 1.16 bits per heavy atom. The summed E-state index contributed by atoms with van der Waals surface area (Å²) in [6, 6.07) is 5.47. The summed E-state index contributed by atoms with van der Waals surface area (Å²) < 4.78 is 63.4. The van der Waals surface area contributed by atoms with Gasteiger partial charge in [-0.1, -0.05) is 18.4 Å². The third-order valence-corrected chi connectivity index (χ3v) is 9.46. The zero-order valence-electron chi connectivity index (χ0n) is 27.4. The summed E-state index contributed by atoms with van der Waals surface area (Å²) in [6.45, 7) is 5.97. The van der Waals surface area contributed by atoms with E-state index in [0.29, 0.717) is 42.6 Å². The van der Waals surface area contributed by atoms with Crippen molar-refractivity contribution in [1.29, 1.82) is 0 Å². The second-order valence-electron chi connectivity index (χ2n) is 13.2. The molecule has 2 atom stereocenters. The molecule has 0 aliphatic carbocycles. The van der Waals surface area contributed by atoms with Crippen LogP contribution in [0.4, 0.5) is 23.8 Å². The van der Waals surface area contributed by atoms with Gasteiger partial charge < -0.3 is 14.2 Å². The predicted octanol–water partition coefficient (Wildman–Crippen LogP) is 6.48. The summed E-state index contributed by atoms with van der Waals surface area (Å²) in [5.74, 6) is 1.28. The molecule has 4 aromatic rings. The molecule has 0 spiro atoms. The van der Waals surface area contributed by atoms with E-state index in [0.717, 1.165) is 38.6 Å². The molecule has 3 fully saturated rings. The fourth-order valence-corrected chi connectivity index (χ4v) is 7.29. The highest BCUT2D eigenvalue weighted by atomic mass is 19.1. The third-order valence-electron chi connectivity index (χ3n) is 9.46. The first-order valence-electron chi connectivity index (χ1n) is 16.7. The van der Waals surface area contributed by atoms with E-state index >= 15 is 8.78 Å². The molecule has 10 nitrogen and oxygen atoms in total. The first kappa shape index (κ1) is 32.9. The van der Waals surface area contributed by atoms with Crippen molar-refractivity contribution in [2.45, 2.75) is 70.2 Å². The Labute approximate surface area is 281 Å². The van der Waals surface area contributed by atoms with E-state index in [4.69, 9.17) is 25.6 Å². The number of carbonyl (C=O) groups is 1. The zero-order chi connectivity index (χ0) is 34.3. The van der Waals surface area contributed by atoms with E-state index in [1.54, 1.807) is 13.8 Å². The highest BCUT2D eigenvalue weighted by Gasteiger charge is 2.49.